The number of rotatable bonds is 6. The Balaban J connectivity index is 2.31. The van der Waals surface area contributed by atoms with Crippen LogP contribution in [0.4, 0.5) is 0 Å². The number of hydrogen-bond donors (Lipinski definition) is 1. The molecular weight excluding hydrogens is 360 g/mol. The van der Waals surface area contributed by atoms with Crippen LogP contribution in [0.2, 0.25) is 5.02 Å². The van der Waals surface area contributed by atoms with Crippen LogP contribution < -0.4 is 0 Å². The summed E-state index contributed by atoms with van der Waals surface area (Å²) in [5.74, 6) is -1.81. The van der Waals surface area contributed by atoms with Crippen LogP contribution in [-0.2, 0) is 23.8 Å². The summed E-state index contributed by atoms with van der Waals surface area (Å²) in [5.41, 5.74) is 0.849. The number of carbonyl (C=O) groups excluding carboxylic acids is 2. The lowest BCUT2D eigenvalue weighted by Crippen LogP contribution is -2.35. The molecule has 1 aromatic carbocycles. The van der Waals surface area contributed by atoms with Crippen molar-refractivity contribution in [1.82, 2.24) is 0 Å². The molecule has 0 aliphatic carbocycles. The van der Waals surface area contributed by atoms with E-state index in [-0.39, 0.29) is 30.2 Å². The summed E-state index contributed by atoms with van der Waals surface area (Å²) in [7, 11) is 1.31. The van der Waals surface area contributed by atoms with Gasteiger partial charge in [0.15, 0.2) is 0 Å². The van der Waals surface area contributed by atoms with E-state index < -0.39 is 18.2 Å². The first-order valence-electron chi connectivity index (χ1n) is 8.41. The second-order valence-electron chi connectivity index (χ2n) is 6.35. The Hall–Kier alpha value is -2.05. The highest BCUT2D eigenvalue weighted by Gasteiger charge is 2.37. The van der Waals surface area contributed by atoms with Gasteiger partial charge in [-0.2, -0.15) is 0 Å². The van der Waals surface area contributed by atoms with Crippen molar-refractivity contribution in [2.45, 2.75) is 45.0 Å². The number of esters is 2. The number of aliphatic hydroxyl groups excluding tert-OH is 1. The molecule has 0 unspecified atom stereocenters. The molecule has 7 heteroatoms. The Morgan fingerprint density at radius 2 is 1.92 bits per heavy atom. The molecule has 1 N–H and O–H groups in total. The van der Waals surface area contributed by atoms with Gasteiger partial charge in [-0.25, -0.2) is 4.79 Å². The average Bonchev–Trinajstić information content (AvgIpc) is 2.59. The molecular formula is C19H23ClO6. The zero-order chi connectivity index (χ0) is 19.3. The van der Waals surface area contributed by atoms with Crippen molar-refractivity contribution in [3.8, 4) is 0 Å². The molecule has 0 radical (unpaired) electrons. The summed E-state index contributed by atoms with van der Waals surface area (Å²) in [6, 6.07) is 7.10. The molecule has 1 heterocycles. The van der Waals surface area contributed by atoms with Crippen molar-refractivity contribution < 1.29 is 28.9 Å². The lowest BCUT2D eigenvalue weighted by Gasteiger charge is -2.34. The van der Waals surface area contributed by atoms with E-state index in [2.05, 4.69) is 4.74 Å². The first kappa shape index (κ1) is 20.3. The molecule has 1 aromatic rings. The van der Waals surface area contributed by atoms with Gasteiger partial charge < -0.3 is 19.3 Å². The van der Waals surface area contributed by atoms with Gasteiger partial charge in [0.2, 0.25) is 12.0 Å². The standard InChI is InChI=1S/C19H23ClO6/c1-11(2)25-19(23)16-10-15(12-4-6-13(20)7-5-12)14(18(22)26-16)8-9-17(21)24-3/h4-7,10-11,14-15,18,22H,8-9H2,1-3H3/t14-,15-,18+/m1/s1. The summed E-state index contributed by atoms with van der Waals surface area (Å²) in [6.07, 6.45) is 0.535. The fraction of sp³-hybridized carbons (Fsp3) is 0.474. The summed E-state index contributed by atoms with van der Waals surface area (Å²) in [4.78, 5) is 23.7. The lowest BCUT2D eigenvalue weighted by atomic mass is 9.80. The first-order chi connectivity index (χ1) is 12.3. The molecule has 0 aromatic heterocycles. The van der Waals surface area contributed by atoms with Crippen LogP contribution in [0.25, 0.3) is 0 Å². The monoisotopic (exact) mass is 382 g/mol. The van der Waals surface area contributed by atoms with Crippen LogP contribution in [-0.4, -0.2) is 36.5 Å². The minimum atomic E-state index is -1.25. The molecule has 0 spiro atoms. The van der Waals surface area contributed by atoms with Crippen molar-refractivity contribution in [1.29, 1.82) is 0 Å². The maximum Gasteiger partial charge on any atom is 0.373 e. The molecule has 6 nitrogen and oxygen atoms in total. The fourth-order valence-electron chi connectivity index (χ4n) is 2.85. The van der Waals surface area contributed by atoms with E-state index in [9.17, 15) is 14.7 Å². The Bertz CT molecular complexity index is 667. The Kier molecular flexibility index (Phi) is 7.06. The van der Waals surface area contributed by atoms with Crippen LogP contribution >= 0.6 is 11.6 Å². The summed E-state index contributed by atoms with van der Waals surface area (Å²) in [6.45, 7) is 3.46. The average molecular weight is 383 g/mol. The predicted octanol–water partition coefficient (Wildman–Crippen LogP) is 3.18. The highest BCUT2D eigenvalue weighted by Crippen LogP contribution is 2.38. The number of methoxy groups -OCH3 is 1. The number of halogens is 1. The van der Waals surface area contributed by atoms with Crippen molar-refractivity contribution in [2.75, 3.05) is 7.11 Å². The number of ether oxygens (including phenoxy) is 3. The van der Waals surface area contributed by atoms with Gasteiger partial charge in [0, 0.05) is 23.3 Å². The van der Waals surface area contributed by atoms with Gasteiger partial charge in [0.1, 0.15) is 0 Å². The first-order valence-corrected chi connectivity index (χ1v) is 8.79. The van der Waals surface area contributed by atoms with Crippen LogP contribution in [0.3, 0.4) is 0 Å². The van der Waals surface area contributed by atoms with Crippen LogP contribution in [0.5, 0.6) is 0 Å². The van der Waals surface area contributed by atoms with Crippen molar-refractivity contribution in [3.63, 3.8) is 0 Å². The van der Waals surface area contributed by atoms with Crippen LogP contribution in [0.1, 0.15) is 38.2 Å². The minimum Gasteiger partial charge on any atom is -0.469 e. The van der Waals surface area contributed by atoms with Crippen molar-refractivity contribution >= 4 is 23.5 Å². The van der Waals surface area contributed by atoms with E-state index in [0.717, 1.165) is 5.56 Å². The third kappa shape index (κ3) is 5.22. The molecule has 0 amide bonds. The van der Waals surface area contributed by atoms with E-state index >= 15 is 0 Å². The van der Waals surface area contributed by atoms with Gasteiger partial charge in [-0.05, 0) is 44.0 Å². The smallest absolute Gasteiger partial charge is 0.373 e. The Morgan fingerprint density at radius 1 is 1.27 bits per heavy atom. The highest BCUT2D eigenvalue weighted by atomic mass is 35.5. The van der Waals surface area contributed by atoms with Gasteiger partial charge in [0.25, 0.3) is 0 Å². The maximum absolute atomic E-state index is 12.2. The second kappa shape index (κ2) is 9.05. The van der Waals surface area contributed by atoms with Crippen LogP contribution in [0, 0.1) is 5.92 Å². The van der Waals surface area contributed by atoms with Crippen molar-refractivity contribution in [2.24, 2.45) is 5.92 Å². The topological polar surface area (TPSA) is 82.1 Å². The molecule has 142 valence electrons. The van der Waals surface area contributed by atoms with Gasteiger partial charge in [-0.1, -0.05) is 23.7 Å². The SMILES string of the molecule is COC(=O)CC[C@@H]1[C@@H](c2ccc(Cl)cc2)C=C(C(=O)OC(C)C)O[C@@H]1O. The molecule has 26 heavy (non-hydrogen) atoms. The van der Waals surface area contributed by atoms with Crippen molar-refractivity contribution in [3.05, 3.63) is 46.7 Å². The predicted molar refractivity (Wildman–Crippen MR) is 95.3 cm³/mol. The van der Waals surface area contributed by atoms with E-state index in [4.69, 9.17) is 21.1 Å². The number of aliphatic hydroxyl groups is 1. The second-order valence-corrected chi connectivity index (χ2v) is 6.79. The Labute approximate surface area is 157 Å². The molecule has 0 fully saturated rings. The van der Waals surface area contributed by atoms with Gasteiger partial charge >= 0.3 is 11.9 Å². The minimum absolute atomic E-state index is 0.0412. The summed E-state index contributed by atoms with van der Waals surface area (Å²) in [5, 5.41) is 11.0. The van der Waals surface area contributed by atoms with Gasteiger partial charge in [-0.15, -0.1) is 0 Å². The fourth-order valence-corrected chi connectivity index (χ4v) is 2.97. The molecule has 3 atom stereocenters. The summed E-state index contributed by atoms with van der Waals surface area (Å²) >= 11 is 5.95. The van der Waals surface area contributed by atoms with E-state index in [1.54, 1.807) is 32.1 Å². The summed E-state index contributed by atoms with van der Waals surface area (Å²) < 4.78 is 15.2. The lowest BCUT2D eigenvalue weighted by molar-refractivity contribution is -0.164. The van der Waals surface area contributed by atoms with E-state index in [0.29, 0.717) is 11.4 Å². The molecule has 0 saturated carbocycles. The molecule has 0 bridgehead atoms. The molecule has 0 saturated heterocycles. The molecule has 1 aliphatic heterocycles. The normalized spacial score (nSPS) is 22.4. The third-order valence-electron chi connectivity index (χ3n) is 4.11. The maximum atomic E-state index is 12.2. The largest absolute Gasteiger partial charge is 0.469 e. The number of carbonyl (C=O) groups is 2. The quantitative estimate of drug-likeness (QED) is 0.761. The third-order valence-corrected chi connectivity index (χ3v) is 4.37. The van der Waals surface area contributed by atoms with E-state index in [1.165, 1.54) is 7.11 Å². The zero-order valence-electron chi connectivity index (χ0n) is 15.0. The zero-order valence-corrected chi connectivity index (χ0v) is 15.7. The van der Waals surface area contributed by atoms with E-state index in [1.807, 2.05) is 12.1 Å². The highest BCUT2D eigenvalue weighted by molar-refractivity contribution is 6.30. The van der Waals surface area contributed by atoms with Gasteiger partial charge in [-0.3, -0.25) is 4.79 Å². The molecule has 1 aliphatic rings. The number of hydrogen-bond acceptors (Lipinski definition) is 6. The number of benzene rings is 1. The Morgan fingerprint density at radius 3 is 2.50 bits per heavy atom. The van der Waals surface area contributed by atoms with Crippen LogP contribution in [0.15, 0.2) is 36.1 Å². The molecule has 2 rings (SSSR count). The van der Waals surface area contributed by atoms with Gasteiger partial charge in [0.05, 0.1) is 13.2 Å². The number of allylic oxidation sites excluding steroid dienone is 1.